The van der Waals surface area contributed by atoms with E-state index in [0.717, 1.165) is 5.69 Å². The van der Waals surface area contributed by atoms with E-state index < -0.39 is 10.0 Å². The molecule has 0 saturated carbocycles. The molecule has 1 aromatic carbocycles. The predicted molar refractivity (Wildman–Crippen MR) is 72.2 cm³/mol. The normalized spacial score (nSPS) is 11.5. The van der Waals surface area contributed by atoms with E-state index in [-0.39, 0.29) is 11.4 Å². The van der Waals surface area contributed by atoms with Gasteiger partial charge in [-0.1, -0.05) is 17.7 Å². The summed E-state index contributed by atoms with van der Waals surface area (Å²) in [5, 5.41) is 8.12. The standard InChI is InChI=1S/C12H12ClN3O2S/c1-9-5-6-11(16-15-9)8-14-19(17,18)12-4-2-3-10(13)7-12/h2-7,14H,8H2,1H3. The molecule has 0 aliphatic carbocycles. The maximum Gasteiger partial charge on any atom is 0.240 e. The number of hydrogen-bond acceptors (Lipinski definition) is 4. The molecule has 0 aliphatic rings. The molecule has 1 N–H and O–H groups in total. The Morgan fingerprint density at radius 2 is 2.00 bits per heavy atom. The Labute approximate surface area is 116 Å². The summed E-state index contributed by atoms with van der Waals surface area (Å²) < 4.78 is 26.5. The van der Waals surface area contributed by atoms with Crippen LogP contribution in [0.4, 0.5) is 0 Å². The van der Waals surface area contributed by atoms with Gasteiger partial charge in [0, 0.05) is 5.02 Å². The van der Waals surface area contributed by atoms with Gasteiger partial charge in [-0.2, -0.15) is 10.2 Å². The number of halogens is 1. The van der Waals surface area contributed by atoms with Gasteiger partial charge in [-0.25, -0.2) is 13.1 Å². The number of hydrogen-bond donors (Lipinski definition) is 1. The highest BCUT2D eigenvalue weighted by Crippen LogP contribution is 2.15. The minimum absolute atomic E-state index is 0.0854. The van der Waals surface area contributed by atoms with Gasteiger partial charge in [-0.3, -0.25) is 0 Å². The molecule has 1 heterocycles. The average molecular weight is 298 g/mol. The lowest BCUT2D eigenvalue weighted by atomic mass is 10.3. The summed E-state index contributed by atoms with van der Waals surface area (Å²) in [5.41, 5.74) is 1.33. The third-order valence-electron chi connectivity index (χ3n) is 2.40. The van der Waals surface area contributed by atoms with Crippen LogP contribution in [0.1, 0.15) is 11.4 Å². The fourth-order valence-corrected chi connectivity index (χ4v) is 2.71. The molecule has 0 saturated heterocycles. The largest absolute Gasteiger partial charge is 0.240 e. The van der Waals surface area contributed by atoms with Crippen molar-refractivity contribution in [3.63, 3.8) is 0 Å². The van der Waals surface area contributed by atoms with E-state index in [1.165, 1.54) is 12.1 Å². The molecule has 0 bridgehead atoms. The number of benzene rings is 1. The SMILES string of the molecule is Cc1ccc(CNS(=O)(=O)c2cccc(Cl)c2)nn1. The maximum atomic E-state index is 12.0. The minimum Gasteiger partial charge on any atom is -0.207 e. The first-order valence-electron chi connectivity index (χ1n) is 5.52. The number of sulfonamides is 1. The van der Waals surface area contributed by atoms with Crippen LogP contribution in [-0.4, -0.2) is 18.6 Å². The lowest BCUT2D eigenvalue weighted by Gasteiger charge is -2.06. The van der Waals surface area contributed by atoms with Gasteiger partial charge in [0.25, 0.3) is 0 Å². The fourth-order valence-electron chi connectivity index (χ4n) is 1.41. The Morgan fingerprint density at radius 1 is 1.21 bits per heavy atom. The van der Waals surface area contributed by atoms with E-state index in [2.05, 4.69) is 14.9 Å². The molecule has 1 aromatic heterocycles. The van der Waals surface area contributed by atoms with Gasteiger partial charge in [0.15, 0.2) is 0 Å². The number of nitrogens with one attached hydrogen (secondary N) is 1. The van der Waals surface area contributed by atoms with E-state index in [0.29, 0.717) is 10.7 Å². The van der Waals surface area contributed by atoms with Crippen molar-refractivity contribution in [2.45, 2.75) is 18.4 Å². The predicted octanol–water partition coefficient (Wildman–Crippen LogP) is 1.92. The van der Waals surface area contributed by atoms with Gasteiger partial charge in [0.2, 0.25) is 10.0 Å². The van der Waals surface area contributed by atoms with Crippen molar-refractivity contribution in [2.24, 2.45) is 0 Å². The summed E-state index contributed by atoms with van der Waals surface area (Å²) in [6.07, 6.45) is 0. The average Bonchev–Trinajstić information content (AvgIpc) is 2.38. The van der Waals surface area contributed by atoms with E-state index in [1.807, 2.05) is 6.92 Å². The third kappa shape index (κ3) is 3.73. The van der Waals surface area contributed by atoms with Crippen LogP contribution in [0.2, 0.25) is 5.02 Å². The molecule has 2 aromatic rings. The zero-order valence-electron chi connectivity index (χ0n) is 10.2. The molecule has 100 valence electrons. The molecule has 0 radical (unpaired) electrons. The van der Waals surface area contributed by atoms with Crippen LogP contribution in [0.3, 0.4) is 0 Å². The fraction of sp³-hybridized carbons (Fsp3) is 0.167. The van der Waals surface area contributed by atoms with Crippen molar-refractivity contribution in [3.8, 4) is 0 Å². The summed E-state index contributed by atoms with van der Waals surface area (Å²) in [6, 6.07) is 9.58. The zero-order valence-corrected chi connectivity index (χ0v) is 11.7. The molecule has 5 nitrogen and oxygen atoms in total. The van der Waals surface area contributed by atoms with Crippen molar-refractivity contribution in [2.75, 3.05) is 0 Å². The Balaban J connectivity index is 2.12. The van der Waals surface area contributed by atoms with Crippen molar-refractivity contribution < 1.29 is 8.42 Å². The van der Waals surface area contributed by atoms with Gasteiger partial charge in [0.05, 0.1) is 22.8 Å². The molecule has 0 fully saturated rings. The monoisotopic (exact) mass is 297 g/mol. The molecule has 7 heteroatoms. The summed E-state index contributed by atoms with van der Waals surface area (Å²) in [6.45, 7) is 1.90. The second kappa shape index (κ2) is 5.64. The number of aryl methyl sites for hydroxylation is 1. The van der Waals surface area contributed by atoms with Crippen LogP contribution in [0.5, 0.6) is 0 Å². The second-order valence-electron chi connectivity index (χ2n) is 3.95. The number of rotatable bonds is 4. The number of nitrogens with zero attached hydrogens (tertiary/aromatic N) is 2. The van der Waals surface area contributed by atoms with Crippen LogP contribution < -0.4 is 4.72 Å². The lowest BCUT2D eigenvalue weighted by Crippen LogP contribution is -2.23. The highest BCUT2D eigenvalue weighted by Gasteiger charge is 2.14. The Bertz CT molecular complexity index is 672. The van der Waals surface area contributed by atoms with Crippen molar-refractivity contribution in [1.82, 2.24) is 14.9 Å². The first-order chi connectivity index (χ1) is 8.97. The van der Waals surface area contributed by atoms with Gasteiger partial charge < -0.3 is 0 Å². The minimum atomic E-state index is -3.59. The molecule has 0 amide bonds. The smallest absolute Gasteiger partial charge is 0.207 e. The maximum absolute atomic E-state index is 12.0. The van der Waals surface area contributed by atoms with Crippen LogP contribution in [0.15, 0.2) is 41.3 Å². The molecule has 0 spiro atoms. The van der Waals surface area contributed by atoms with Gasteiger partial charge in [0.1, 0.15) is 0 Å². The second-order valence-corrected chi connectivity index (χ2v) is 6.15. The van der Waals surface area contributed by atoms with Gasteiger partial charge in [-0.05, 0) is 37.3 Å². The molecular weight excluding hydrogens is 286 g/mol. The quantitative estimate of drug-likeness (QED) is 0.936. The highest BCUT2D eigenvalue weighted by molar-refractivity contribution is 7.89. The lowest BCUT2D eigenvalue weighted by molar-refractivity contribution is 0.580. The van der Waals surface area contributed by atoms with E-state index in [9.17, 15) is 8.42 Å². The third-order valence-corrected chi connectivity index (χ3v) is 4.04. The molecule has 0 aliphatic heterocycles. The summed E-state index contributed by atoms with van der Waals surface area (Å²) in [5.74, 6) is 0. The molecule has 19 heavy (non-hydrogen) atoms. The van der Waals surface area contributed by atoms with E-state index >= 15 is 0 Å². The van der Waals surface area contributed by atoms with Crippen LogP contribution >= 0.6 is 11.6 Å². The van der Waals surface area contributed by atoms with Crippen LogP contribution in [0.25, 0.3) is 0 Å². The molecule has 2 rings (SSSR count). The van der Waals surface area contributed by atoms with Crippen LogP contribution in [0, 0.1) is 6.92 Å². The molecule has 0 unspecified atom stereocenters. The summed E-state index contributed by atoms with van der Waals surface area (Å²) in [4.78, 5) is 0.125. The van der Waals surface area contributed by atoms with Gasteiger partial charge in [-0.15, -0.1) is 0 Å². The van der Waals surface area contributed by atoms with E-state index in [4.69, 9.17) is 11.6 Å². The van der Waals surface area contributed by atoms with Crippen molar-refractivity contribution in [1.29, 1.82) is 0 Å². The van der Waals surface area contributed by atoms with Crippen molar-refractivity contribution >= 4 is 21.6 Å². The highest BCUT2D eigenvalue weighted by atomic mass is 35.5. The zero-order chi connectivity index (χ0) is 13.9. The first kappa shape index (κ1) is 13.9. The Morgan fingerprint density at radius 3 is 2.63 bits per heavy atom. The van der Waals surface area contributed by atoms with Crippen LogP contribution in [-0.2, 0) is 16.6 Å². The first-order valence-corrected chi connectivity index (χ1v) is 7.38. The molecular formula is C12H12ClN3O2S. The topological polar surface area (TPSA) is 72.0 Å². The van der Waals surface area contributed by atoms with E-state index in [1.54, 1.807) is 24.3 Å². The Kier molecular flexibility index (Phi) is 4.14. The van der Waals surface area contributed by atoms with Gasteiger partial charge >= 0.3 is 0 Å². The number of aromatic nitrogens is 2. The van der Waals surface area contributed by atoms with Crippen molar-refractivity contribution in [3.05, 3.63) is 52.8 Å². The molecule has 0 atom stereocenters. The summed E-state index contributed by atoms with van der Waals surface area (Å²) >= 11 is 5.77. The summed E-state index contributed by atoms with van der Waals surface area (Å²) in [7, 11) is -3.59. The Hall–Kier alpha value is -1.50.